The summed E-state index contributed by atoms with van der Waals surface area (Å²) in [4.78, 5) is -0.0260. The van der Waals surface area contributed by atoms with Gasteiger partial charge in [0.25, 0.3) is 0 Å². The van der Waals surface area contributed by atoms with Crippen LogP contribution in [0.4, 0.5) is 5.69 Å². The van der Waals surface area contributed by atoms with E-state index in [9.17, 15) is 16.8 Å². The maximum absolute atomic E-state index is 12.1. The average molecular weight is 307 g/mol. The van der Waals surface area contributed by atoms with Gasteiger partial charge in [-0.05, 0) is 25.0 Å². The van der Waals surface area contributed by atoms with Crippen molar-refractivity contribution >= 4 is 25.7 Å². The number of benzene rings is 1. The summed E-state index contributed by atoms with van der Waals surface area (Å²) in [5, 5.41) is 4.80. The average Bonchev–Trinajstić information content (AvgIpc) is 2.21. The number of aryl methyl sites for hydroxylation is 2. The van der Waals surface area contributed by atoms with Crippen molar-refractivity contribution in [2.75, 3.05) is 18.0 Å². The Hall–Kier alpha value is -1.16. The fraction of sp³-hybridized carbons (Fsp3) is 0.400. The largest absolute Gasteiger partial charge is 0.397 e. The molecule has 108 valence electrons. The quantitative estimate of drug-likeness (QED) is 0.628. The fourth-order valence-electron chi connectivity index (χ4n) is 1.55. The van der Waals surface area contributed by atoms with Gasteiger partial charge < -0.3 is 5.73 Å². The van der Waals surface area contributed by atoms with Gasteiger partial charge in [-0.3, -0.25) is 0 Å². The molecular formula is C10H17N3O4S2. The minimum Gasteiger partial charge on any atom is -0.397 e. The van der Waals surface area contributed by atoms with E-state index in [1.807, 2.05) is 0 Å². The van der Waals surface area contributed by atoms with E-state index in [4.69, 9.17) is 10.9 Å². The molecule has 0 fully saturated rings. The van der Waals surface area contributed by atoms with Gasteiger partial charge in [0.1, 0.15) is 4.90 Å². The van der Waals surface area contributed by atoms with Crippen molar-refractivity contribution in [1.29, 1.82) is 0 Å². The third-order valence-electron chi connectivity index (χ3n) is 2.56. The number of sulfonamides is 2. The second-order valence-electron chi connectivity index (χ2n) is 4.21. The van der Waals surface area contributed by atoms with Crippen LogP contribution >= 0.6 is 0 Å². The molecule has 0 aliphatic rings. The zero-order chi connectivity index (χ0) is 14.8. The lowest BCUT2D eigenvalue weighted by molar-refractivity contribution is 0.581. The van der Waals surface area contributed by atoms with E-state index < -0.39 is 25.8 Å². The highest BCUT2D eigenvalue weighted by atomic mass is 32.2. The molecule has 0 radical (unpaired) electrons. The highest BCUT2D eigenvalue weighted by Crippen LogP contribution is 2.25. The van der Waals surface area contributed by atoms with Crippen molar-refractivity contribution in [3.8, 4) is 0 Å². The number of rotatable bonds is 5. The van der Waals surface area contributed by atoms with Crippen molar-refractivity contribution in [1.82, 2.24) is 4.72 Å². The Bertz CT molecular complexity index is 681. The summed E-state index contributed by atoms with van der Waals surface area (Å²) < 4.78 is 47.9. The topological polar surface area (TPSA) is 132 Å². The van der Waals surface area contributed by atoms with Crippen molar-refractivity contribution in [3.05, 3.63) is 23.3 Å². The number of hydrogen-bond donors (Lipinski definition) is 3. The summed E-state index contributed by atoms with van der Waals surface area (Å²) in [6, 6.07) is 3.36. The van der Waals surface area contributed by atoms with Gasteiger partial charge in [0.2, 0.25) is 20.0 Å². The lowest BCUT2D eigenvalue weighted by Gasteiger charge is -2.13. The third-order valence-corrected chi connectivity index (χ3v) is 5.00. The van der Waals surface area contributed by atoms with Crippen molar-refractivity contribution in [3.63, 3.8) is 0 Å². The first-order valence-corrected chi connectivity index (χ1v) is 8.60. The monoisotopic (exact) mass is 307 g/mol. The summed E-state index contributed by atoms with van der Waals surface area (Å²) in [6.07, 6.45) is 0. The van der Waals surface area contributed by atoms with Gasteiger partial charge in [-0.2, -0.15) is 0 Å². The molecule has 0 atom stereocenters. The molecule has 0 aromatic heterocycles. The Balaban J connectivity index is 3.05. The molecule has 0 heterocycles. The van der Waals surface area contributed by atoms with Crippen LogP contribution in [-0.2, 0) is 20.0 Å². The Kier molecular flexibility index (Phi) is 4.56. The molecule has 0 spiro atoms. The smallest absolute Gasteiger partial charge is 0.242 e. The third kappa shape index (κ3) is 4.16. The lowest BCUT2D eigenvalue weighted by Crippen LogP contribution is -2.32. The Morgan fingerprint density at radius 1 is 1.11 bits per heavy atom. The standard InChI is InChI=1S/C10H17N3O4S2/c1-7-3-4-8(2)10(9(7)11)19(16,17)13-5-6-18(12,14)15/h3-4,13H,5-6,11H2,1-2H3,(H2,12,14,15). The van der Waals surface area contributed by atoms with E-state index in [1.165, 1.54) is 0 Å². The van der Waals surface area contributed by atoms with E-state index in [0.717, 1.165) is 0 Å². The second-order valence-corrected chi connectivity index (χ2v) is 7.64. The van der Waals surface area contributed by atoms with Crippen LogP contribution in [0.5, 0.6) is 0 Å². The first-order valence-electron chi connectivity index (χ1n) is 5.40. The van der Waals surface area contributed by atoms with E-state index in [2.05, 4.69) is 4.72 Å². The Labute approximate surface area is 113 Å². The molecule has 0 aliphatic carbocycles. The molecule has 0 saturated heterocycles. The lowest BCUT2D eigenvalue weighted by atomic mass is 10.1. The van der Waals surface area contributed by atoms with Crippen LogP contribution in [0.2, 0.25) is 0 Å². The molecule has 0 aliphatic heterocycles. The summed E-state index contributed by atoms with van der Waals surface area (Å²) in [5.41, 5.74) is 7.05. The van der Waals surface area contributed by atoms with Gasteiger partial charge in [-0.15, -0.1) is 0 Å². The molecule has 1 rings (SSSR count). The van der Waals surface area contributed by atoms with Gasteiger partial charge in [-0.1, -0.05) is 12.1 Å². The van der Waals surface area contributed by atoms with Gasteiger partial charge in [0.05, 0.1) is 11.4 Å². The van der Waals surface area contributed by atoms with Gasteiger partial charge in [0, 0.05) is 6.54 Å². The maximum Gasteiger partial charge on any atom is 0.242 e. The molecule has 0 unspecified atom stereocenters. The second kappa shape index (κ2) is 5.45. The number of nitrogens with one attached hydrogen (secondary N) is 1. The van der Waals surface area contributed by atoms with Crippen LogP contribution in [0, 0.1) is 13.8 Å². The molecule has 0 saturated carbocycles. The predicted molar refractivity (Wildman–Crippen MR) is 73.5 cm³/mol. The van der Waals surface area contributed by atoms with Crippen molar-refractivity contribution in [2.45, 2.75) is 18.7 Å². The number of hydrogen-bond acceptors (Lipinski definition) is 5. The van der Waals surface area contributed by atoms with E-state index >= 15 is 0 Å². The van der Waals surface area contributed by atoms with Crippen LogP contribution in [0.15, 0.2) is 17.0 Å². The SMILES string of the molecule is Cc1ccc(C)c(S(=O)(=O)NCCS(N)(=O)=O)c1N. The molecular weight excluding hydrogens is 290 g/mol. The number of anilines is 1. The van der Waals surface area contributed by atoms with E-state index in [0.29, 0.717) is 11.1 Å². The summed E-state index contributed by atoms with van der Waals surface area (Å²) >= 11 is 0. The van der Waals surface area contributed by atoms with E-state index in [1.54, 1.807) is 26.0 Å². The van der Waals surface area contributed by atoms with E-state index in [-0.39, 0.29) is 17.1 Å². The zero-order valence-electron chi connectivity index (χ0n) is 10.7. The number of primary sulfonamides is 1. The van der Waals surface area contributed by atoms with Crippen LogP contribution in [0.1, 0.15) is 11.1 Å². The summed E-state index contributed by atoms with van der Waals surface area (Å²) in [7, 11) is -7.58. The highest BCUT2D eigenvalue weighted by Gasteiger charge is 2.21. The fourth-order valence-corrected chi connectivity index (χ4v) is 3.53. The van der Waals surface area contributed by atoms with Crippen LogP contribution < -0.4 is 15.6 Å². The molecule has 1 aromatic rings. The predicted octanol–water partition coefficient (Wildman–Crippen LogP) is -0.548. The first-order chi connectivity index (χ1) is 8.54. The zero-order valence-corrected chi connectivity index (χ0v) is 12.3. The Morgan fingerprint density at radius 2 is 1.63 bits per heavy atom. The minimum atomic E-state index is -3.86. The minimum absolute atomic E-state index is 0.0260. The first kappa shape index (κ1) is 15.9. The summed E-state index contributed by atoms with van der Waals surface area (Å²) in [6.45, 7) is 3.01. The molecule has 19 heavy (non-hydrogen) atoms. The molecule has 7 nitrogen and oxygen atoms in total. The number of nitrogens with two attached hydrogens (primary N) is 2. The molecule has 9 heteroatoms. The molecule has 0 bridgehead atoms. The maximum atomic E-state index is 12.1. The molecule has 5 N–H and O–H groups in total. The molecule has 0 amide bonds. The van der Waals surface area contributed by atoms with Crippen molar-refractivity contribution in [2.24, 2.45) is 5.14 Å². The Morgan fingerprint density at radius 3 is 2.16 bits per heavy atom. The molecule has 1 aromatic carbocycles. The van der Waals surface area contributed by atoms with Gasteiger partial charge >= 0.3 is 0 Å². The van der Waals surface area contributed by atoms with Crippen LogP contribution in [0.3, 0.4) is 0 Å². The van der Waals surface area contributed by atoms with Gasteiger partial charge in [-0.25, -0.2) is 26.7 Å². The van der Waals surface area contributed by atoms with Crippen LogP contribution in [-0.4, -0.2) is 29.1 Å². The normalized spacial score (nSPS) is 12.6. The van der Waals surface area contributed by atoms with Gasteiger partial charge in [0.15, 0.2) is 0 Å². The number of nitrogen functional groups attached to an aromatic ring is 1. The van der Waals surface area contributed by atoms with Crippen LogP contribution in [0.25, 0.3) is 0 Å². The van der Waals surface area contributed by atoms with Crippen molar-refractivity contribution < 1.29 is 16.8 Å². The summed E-state index contributed by atoms with van der Waals surface area (Å²) in [5.74, 6) is -0.475. The highest BCUT2D eigenvalue weighted by molar-refractivity contribution is 7.90.